The van der Waals surface area contributed by atoms with Crippen molar-refractivity contribution in [3.05, 3.63) is 11.9 Å². The SMILES string of the molecule is CN1CCCCC1CCn1cc(C=O)nn1. The minimum absolute atomic E-state index is 0.414. The zero-order valence-corrected chi connectivity index (χ0v) is 9.67. The average Bonchev–Trinajstić information content (AvgIpc) is 2.76. The largest absolute Gasteiger partial charge is 0.303 e. The normalized spacial score (nSPS) is 22.2. The van der Waals surface area contributed by atoms with Crippen LogP contribution in [-0.2, 0) is 6.54 Å². The van der Waals surface area contributed by atoms with Crippen LogP contribution in [0.4, 0.5) is 0 Å². The second kappa shape index (κ2) is 5.21. The molecule has 1 aliphatic rings. The molecule has 0 saturated carbocycles. The van der Waals surface area contributed by atoms with E-state index >= 15 is 0 Å². The molecule has 1 aromatic heterocycles. The smallest absolute Gasteiger partial charge is 0.171 e. The lowest BCUT2D eigenvalue weighted by Crippen LogP contribution is -2.36. The summed E-state index contributed by atoms with van der Waals surface area (Å²) >= 11 is 0. The summed E-state index contributed by atoms with van der Waals surface area (Å²) in [5.74, 6) is 0. The molecule has 1 aromatic rings. The minimum Gasteiger partial charge on any atom is -0.303 e. The van der Waals surface area contributed by atoms with Gasteiger partial charge in [0.1, 0.15) is 5.69 Å². The number of carbonyl (C=O) groups is 1. The van der Waals surface area contributed by atoms with E-state index in [1.165, 1.54) is 25.8 Å². The third-order valence-corrected chi connectivity index (χ3v) is 3.29. The zero-order valence-electron chi connectivity index (χ0n) is 9.67. The van der Waals surface area contributed by atoms with Gasteiger partial charge >= 0.3 is 0 Å². The number of aromatic nitrogens is 3. The van der Waals surface area contributed by atoms with Crippen molar-refractivity contribution in [2.75, 3.05) is 13.6 Å². The first kappa shape index (κ1) is 11.3. The Morgan fingerprint density at radius 3 is 3.12 bits per heavy atom. The number of hydrogen-bond donors (Lipinski definition) is 0. The highest BCUT2D eigenvalue weighted by Gasteiger charge is 2.18. The van der Waals surface area contributed by atoms with Crippen molar-refractivity contribution in [3.8, 4) is 0 Å². The molecule has 2 heterocycles. The van der Waals surface area contributed by atoms with Crippen LogP contribution in [-0.4, -0.2) is 45.8 Å². The Labute approximate surface area is 95.4 Å². The minimum atomic E-state index is 0.414. The monoisotopic (exact) mass is 222 g/mol. The number of aryl methyl sites for hydroxylation is 1. The first-order valence-electron chi connectivity index (χ1n) is 5.85. The van der Waals surface area contributed by atoms with Gasteiger partial charge in [-0.1, -0.05) is 11.6 Å². The van der Waals surface area contributed by atoms with Gasteiger partial charge in [0.2, 0.25) is 0 Å². The Balaban J connectivity index is 1.83. The number of rotatable bonds is 4. The highest BCUT2D eigenvalue weighted by Crippen LogP contribution is 2.18. The predicted octanol–water partition coefficient (Wildman–Crippen LogP) is 0.965. The van der Waals surface area contributed by atoms with Crippen LogP contribution in [0.1, 0.15) is 36.2 Å². The molecular formula is C11H18N4O. The zero-order chi connectivity index (χ0) is 11.4. The molecule has 0 spiro atoms. The quantitative estimate of drug-likeness (QED) is 0.712. The maximum absolute atomic E-state index is 10.5. The van der Waals surface area contributed by atoms with E-state index in [0.29, 0.717) is 11.7 Å². The number of nitrogens with zero attached hydrogens (tertiary/aromatic N) is 4. The van der Waals surface area contributed by atoms with Crippen molar-refractivity contribution in [2.45, 2.75) is 38.3 Å². The van der Waals surface area contributed by atoms with Crippen molar-refractivity contribution in [1.82, 2.24) is 19.9 Å². The fourth-order valence-electron chi connectivity index (χ4n) is 2.27. The molecular weight excluding hydrogens is 204 g/mol. The summed E-state index contributed by atoms with van der Waals surface area (Å²) in [6.07, 6.45) is 7.42. The first-order valence-corrected chi connectivity index (χ1v) is 5.85. The molecule has 5 heteroatoms. The van der Waals surface area contributed by atoms with Gasteiger partial charge in [-0.3, -0.25) is 9.48 Å². The number of hydrogen-bond acceptors (Lipinski definition) is 4. The third kappa shape index (κ3) is 2.66. The summed E-state index contributed by atoms with van der Waals surface area (Å²) in [5, 5.41) is 7.66. The Bertz CT molecular complexity index is 350. The lowest BCUT2D eigenvalue weighted by Gasteiger charge is -2.32. The number of aldehydes is 1. The molecule has 1 unspecified atom stereocenters. The van der Waals surface area contributed by atoms with Crippen LogP contribution in [0.15, 0.2) is 6.20 Å². The van der Waals surface area contributed by atoms with E-state index in [4.69, 9.17) is 0 Å². The molecule has 1 saturated heterocycles. The van der Waals surface area contributed by atoms with E-state index in [1.807, 2.05) is 0 Å². The molecule has 16 heavy (non-hydrogen) atoms. The van der Waals surface area contributed by atoms with Gasteiger partial charge in [0.15, 0.2) is 6.29 Å². The van der Waals surface area contributed by atoms with Gasteiger partial charge in [-0.15, -0.1) is 5.10 Å². The van der Waals surface area contributed by atoms with E-state index in [2.05, 4.69) is 22.3 Å². The number of piperidine rings is 1. The van der Waals surface area contributed by atoms with Gasteiger partial charge in [-0.2, -0.15) is 0 Å². The van der Waals surface area contributed by atoms with Crippen LogP contribution in [0.5, 0.6) is 0 Å². The molecule has 0 aliphatic carbocycles. The van der Waals surface area contributed by atoms with Crippen molar-refractivity contribution in [3.63, 3.8) is 0 Å². The first-order chi connectivity index (χ1) is 7.79. The second-order valence-corrected chi connectivity index (χ2v) is 4.44. The molecule has 0 bridgehead atoms. The maximum atomic E-state index is 10.5. The summed E-state index contributed by atoms with van der Waals surface area (Å²) in [7, 11) is 2.18. The van der Waals surface area contributed by atoms with Crippen molar-refractivity contribution in [2.24, 2.45) is 0 Å². The predicted molar refractivity (Wildman–Crippen MR) is 60.3 cm³/mol. The molecule has 2 rings (SSSR count). The summed E-state index contributed by atoms with van der Waals surface area (Å²) in [5.41, 5.74) is 0.414. The van der Waals surface area contributed by atoms with Crippen LogP contribution in [0, 0.1) is 0 Å². The topological polar surface area (TPSA) is 51.0 Å². The molecule has 88 valence electrons. The van der Waals surface area contributed by atoms with Crippen LogP contribution < -0.4 is 0 Å². The third-order valence-electron chi connectivity index (χ3n) is 3.29. The molecule has 0 N–H and O–H groups in total. The van der Waals surface area contributed by atoms with E-state index < -0.39 is 0 Å². The van der Waals surface area contributed by atoms with Gasteiger partial charge in [0.05, 0.1) is 6.20 Å². The Morgan fingerprint density at radius 1 is 1.56 bits per heavy atom. The van der Waals surface area contributed by atoms with Gasteiger partial charge < -0.3 is 4.90 Å². The Morgan fingerprint density at radius 2 is 2.44 bits per heavy atom. The molecule has 1 aliphatic heterocycles. The van der Waals surface area contributed by atoms with Crippen molar-refractivity contribution < 1.29 is 4.79 Å². The van der Waals surface area contributed by atoms with E-state index in [1.54, 1.807) is 10.9 Å². The van der Waals surface area contributed by atoms with Crippen molar-refractivity contribution in [1.29, 1.82) is 0 Å². The Hall–Kier alpha value is -1.23. The van der Waals surface area contributed by atoms with Gasteiger partial charge in [-0.25, -0.2) is 0 Å². The maximum Gasteiger partial charge on any atom is 0.171 e. The molecule has 1 fully saturated rings. The molecule has 0 radical (unpaired) electrons. The summed E-state index contributed by atoms with van der Waals surface area (Å²) in [6.45, 7) is 2.04. The lowest BCUT2D eigenvalue weighted by atomic mass is 10.0. The second-order valence-electron chi connectivity index (χ2n) is 4.44. The van der Waals surface area contributed by atoms with Gasteiger partial charge in [-0.05, 0) is 32.9 Å². The number of carbonyl (C=O) groups excluding carboxylic acids is 1. The summed E-state index contributed by atoms with van der Waals surface area (Å²) in [4.78, 5) is 12.9. The summed E-state index contributed by atoms with van der Waals surface area (Å²) < 4.78 is 1.76. The highest BCUT2D eigenvalue weighted by atomic mass is 16.1. The van der Waals surface area contributed by atoms with Gasteiger partial charge in [0.25, 0.3) is 0 Å². The van der Waals surface area contributed by atoms with E-state index in [9.17, 15) is 4.79 Å². The van der Waals surface area contributed by atoms with Crippen LogP contribution in [0.25, 0.3) is 0 Å². The summed E-state index contributed by atoms with van der Waals surface area (Å²) in [6, 6.07) is 0.651. The average molecular weight is 222 g/mol. The van der Waals surface area contributed by atoms with Crippen LogP contribution in [0.2, 0.25) is 0 Å². The molecule has 5 nitrogen and oxygen atoms in total. The van der Waals surface area contributed by atoms with Crippen LogP contribution >= 0.6 is 0 Å². The van der Waals surface area contributed by atoms with Crippen LogP contribution in [0.3, 0.4) is 0 Å². The van der Waals surface area contributed by atoms with E-state index in [-0.39, 0.29) is 0 Å². The standard InChI is InChI=1S/C11H18N4O/c1-14-6-3-2-4-11(14)5-7-15-8-10(9-16)12-13-15/h8-9,11H,2-7H2,1H3. The molecule has 0 amide bonds. The Kier molecular flexibility index (Phi) is 3.66. The number of likely N-dealkylation sites (tertiary alicyclic amines) is 1. The van der Waals surface area contributed by atoms with E-state index in [0.717, 1.165) is 19.3 Å². The fraction of sp³-hybridized carbons (Fsp3) is 0.727. The molecule has 1 atom stereocenters. The van der Waals surface area contributed by atoms with Gasteiger partial charge in [0, 0.05) is 12.6 Å². The molecule has 0 aromatic carbocycles. The highest BCUT2D eigenvalue weighted by molar-refractivity contribution is 5.70. The fourth-order valence-corrected chi connectivity index (χ4v) is 2.27. The van der Waals surface area contributed by atoms with Crippen molar-refractivity contribution >= 4 is 6.29 Å². The lowest BCUT2D eigenvalue weighted by molar-refractivity contribution is 0.111.